The van der Waals surface area contributed by atoms with Crippen LogP contribution in [0.1, 0.15) is 55.1 Å². The number of piperidine rings is 1. The van der Waals surface area contributed by atoms with Gasteiger partial charge in [-0.1, -0.05) is 75.4 Å². The molecule has 3 aromatic rings. The van der Waals surface area contributed by atoms with Crippen molar-refractivity contribution in [3.05, 3.63) is 95.6 Å². The second kappa shape index (κ2) is 10.4. The molecule has 1 aliphatic rings. The number of carbonyl (C=O) groups excluding carboxylic acids is 2. The molecule has 1 heterocycles. The number of nitrogens with zero attached hydrogens (tertiary/aromatic N) is 1. The molecule has 36 heavy (non-hydrogen) atoms. The van der Waals surface area contributed by atoms with Crippen LogP contribution in [0.25, 0.3) is 0 Å². The molecule has 1 aliphatic heterocycles. The zero-order valence-electron chi connectivity index (χ0n) is 20.9. The van der Waals surface area contributed by atoms with E-state index in [0.717, 1.165) is 5.56 Å². The number of hydrogen-bond acceptors (Lipinski definition) is 4. The molecule has 188 valence electrons. The number of anilines is 1. The van der Waals surface area contributed by atoms with E-state index < -0.39 is 15.9 Å². The van der Waals surface area contributed by atoms with Crippen LogP contribution in [0.3, 0.4) is 0 Å². The van der Waals surface area contributed by atoms with E-state index in [1.54, 1.807) is 54.6 Å². The molecule has 1 N–H and O–H groups in total. The lowest BCUT2D eigenvalue weighted by atomic mass is 9.86. The van der Waals surface area contributed by atoms with Gasteiger partial charge in [-0.15, -0.1) is 0 Å². The predicted molar refractivity (Wildman–Crippen MR) is 142 cm³/mol. The quantitative estimate of drug-likeness (QED) is 0.465. The molecule has 3 aromatic carbocycles. The molecule has 4 rings (SSSR count). The maximum absolute atomic E-state index is 13.0. The van der Waals surface area contributed by atoms with Gasteiger partial charge in [0.05, 0.1) is 10.8 Å². The molecule has 1 amide bonds. The fourth-order valence-electron chi connectivity index (χ4n) is 4.39. The first-order valence-corrected chi connectivity index (χ1v) is 13.6. The second-order valence-corrected chi connectivity index (χ2v) is 12.2. The fraction of sp³-hybridized carbons (Fsp3) is 0.310. The van der Waals surface area contributed by atoms with E-state index in [1.807, 2.05) is 24.3 Å². The van der Waals surface area contributed by atoms with Crippen molar-refractivity contribution in [1.82, 2.24) is 4.31 Å². The topological polar surface area (TPSA) is 83.6 Å². The number of benzene rings is 3. The maximum Gasteiger partial charge on any atom is 0.243 e. The number of sulfonamides is 1. The number of carbonyl (C=O) groups is 2. The first-order valence-electron chi connectivity index (χ1n) is 12.2. The highest BCUT2D eigenvalue weighted by Gasteiger charge is 2.33. The van der Waals surface area contributed by atoms with Crippen molar-refractivity contribution >= 4 is 27.4 Å². The van der Waals surface area contributed by atoms with Crippen LogP contribution in [0.5, 0.6) is 0 Å². The van der Waals surface area contributed by atoms with Gasteiger partial charge < -0.3 is 5.32 Å². The van der Waals surface area contributed by atoms with Crippen LogP contribution < -0.4 is 5.32 Å². The maximum atomic E-state index is 13.0. The molecule has 0 radical (unpaired) electrons. The second-order valence-electron chi connectivity index (χ2n) is 10.2. The molecule has 1 saturated heterocycles. The lowest BCUT2D eigenvalue weighted by Gasteiger charge is -2.31. The zero-order valence-corrected chi connectivity index (χ0v) is 21.7. The molecule has 0 bridgehead atoms. The normalized spacial score (nSPS) is 16.9. The molecule has 0 saturated carbocycles. The van der Waals surface area contributed by atoms with E-state index in [1.165, 1.54) is 4.31 Å². The van der Waals surface area contributed by atoms with Crippen molar-refractivity contribution in [2.45, 2.75) is 43.9 Å². The smallest absolute Gasteiger partial charge is 0.243 e. The van der Waals surface area contributed by atoms with Gasteiger partial charge in [-0.3, -0.25) is 9.59 Å². The molecule has 0 spiro atoms. The monoisotopic (exact) mass is 504 g/mol. The highest BCUT2D eigenvalue weighted by molar-refractivity contribution is 7.89. The van der Waals surface area contributed by atoms with Crippen molar-refractivity contribution in [2.75, 3.05) is 18.4 Å². The van der Waals surface area contributed by atoms with Gasteiger partial charge in [0.25, 0.3) is 0 Å². The van der Waals surface area contributed by atoms with E-state index in [9.17, 15) is 18.0 Å². The van der Waals surface area contributed by atoms with E-state index >= 15 is 0 Å². The molecular weight excluding hydrogens is 472 g/mol. The van der Waals surface area contributed by atoms with E-state index in [4.69, 9.17) is 0 Å². The Morgan fingerprint density at radius 1 is 0.889 bits per heavy atom. The summed E-state index contributed by atoms with van der Waals surface area (Å²) in [5.74, 6) is -0.840. The summed E-state index contributed by atoms with van der Waals surface area (Å²) in [5, 5.41) is 2.89. The average Bonchev–Trinajstić information content (AvgIpc) is 2.88. The third kappa shape index (κ3) is 5.74. The van der Waals surface area contributed by atoms with Crippen molar-refractivity contribution in [2.24, 2.45) is 5.92 Å². The van der Waals surface area contributed by atoms with Gasteiger partial charge in [0.1, 0.15) is 0 Å². The largest absolute Gasteiger partial charge is 0.326 e. The highest BCUT2D eigenvalue weighted by atomic mass is 32.2. The van der Waals surface area contributed by atoms with Crippen molar-refractivity contribution in [3.63, 3.8) is 0 Å². The molecule has 1 atom stereocenters. The summed E-state index contributed by atoms with van der Waals surface area (Å²) in [7, 11) is -3.65. The Labute approximate surface area is 213 Å². The van der Waals surface area contributed by atoms with Crippen molar-refractivity contribution < 1.29 is 18.0 Å². The van der Waals surface area contributed by atoms with Crippen LogP contribution in [-0.4, -0.2) is 37.5 Å². The molecule has 0 aromatic heterocycles. The number of nitrogens with one attached hydrogen (secondary N) is 1. The first-order chi connectivity index (χ1) is 17.1. The summed E-state index contributed by atoms with van der Waals surface area (Å²) in [5.41, 5.74) is 2.73. The average molecular weight is 505 g/mol. The minimum Gasteiger partial charge on any atom is -0.326 e. The zero-order chi connectivity index (χ0) is 25.9. The minimum atomic E-state index is -3.65. The minimum absolute atomic E-state index is 0.000895. The molecule has 7 heteroatoms. The lowest BCUT2D eigenvalue weighted by Crippen LogP contribution is -2.43. The van der Waals surface area contributed by atoms with Gasteiger partial charge in [-0.25, -0.2) is 8.42 Å². The van der Waals surface area contributed by atoms with Crippen LogP contribution >= 0.6 is 0 Å². The van der Waals surface area contributed by atoms with Crippen LogP contribution in [0.15, 0.2) is 83.8 Å². The van der Waals surface area contributed by atoms with Crippen LogP contribution in [0, 0.1) is 5.92 Å². The van der Waals surface area contributed by atoms with Gasteiger partial charge in [-0.2, -0.15) is 4.31 Å². The Morgan fingerprint density at radius 3 is 2.25 bits per heavy atom. The molecule has 0 aliphatic carbocycles. The summed E-state index contributed by atoms with van der Waals surface area (Å²) in [4.78, 5) is 26.3. The van der Waals surface area contributed by atoms with Gasteiger partial charge in [0.2, 0.25) is 15.9 Å². The third-order valence-electron chi connectivity index (χ3n) is 6.54. The highest BCUT2D eigenvalue weighted by Crippen LogP contribution is 2.26. The van der Waals surface area contributed by atoms with Gasteiger partial charge in [-0.05, 0) is 48.1 Å². The molecule has 6 nitrogen and oxygen atoms in total. The Bertz CT molecular complexity index is 1340. The van der Waals surface area contributed by atoms with Crippen LogP contribution in [0.2, 0.25) is 0 Å². The van der Waals surface area contributed by atoms with E-state index in [0.29, 0.717) is 36.2 Å². The summed E-state index contributed by atoms with van der Waals surface area (Å²) < 4.78 is 27.4. The van der Waals surface area contributed by atoms with Crippen molar-refractivity contribution in [1.29, 1.82) is 0 Å². The van der Waals surface area contributed by atoms with Crippen LogP contribution in [-0.2, 0) is 20.2 Å². The third-order valence-corrected chi connectivity index (χ3v) is 8.42. The Kier molecular flexibility index (Phi) is 7.43. The van der Waals surface area contributed by atoms with Gasteiger partial charge in [0, 0.05) is 29.9 Å². The van der Waals surface area contributed by atoms with Gasteiger partial charge >= 0.3 is 0 Å². The molecule has 0 unspecified atom stereocenters. The lowest BCUT2D eigenvalue weighted by molar-refractivity contribution is -0.120. The first kappa shape index (κ1) is 25.8. The van der Waals surface area contributed by atoms with E-state index in [-0.39, 0.29) is 28.5 Å². The molecule has 1 fully saturated rings. The van der Waals surface area contributed by atoms with Crippen molar-refractivity contribution in [3.8, 4) is 0 Å². The summed E-state index contributed by atoms with van der Waals surface area (Å²) >= 11 is 0. The predicted octanol–water partition coefficient (Wildman–Crippen LogP) is 5.25. The standard InChI is InChI=1S/C29H32N2O4S/c1-29(2,3)24-16-14-21(15-17-24)27(32)22-9-7-11-25(19-22)30-28(33)23-10-8-18-31(20-23)36(34,35)26-12-5-4-6-13-26/h4-7,9,11-17,19,23H,8,10,18,20H2,1-3H3,(H,30,33)/t23-/m0/s1. The number of rotatable bonds is 6. The Balaban J connectivity index is 1.45. The number of amides is 1. The van der Waals surface area contributed by atoms with Crippen LogP contribution in [0.4, 0.5) is 5.69 Å². The summed E-state index contributed by atoms with van der Waals surface area (Å²) in [6.07, 6.45) is 1.21. The Hall–Kier alpha value is -3.29. The number of ketones is 1. The summed E-state index contributed by atoms with van der Waals surface area (Å²) in [6.45, 7) is 6.89. The molecular formula is C29H32N2O4S. The summed E-state index contributed by atoms with van der Waals surface area (Å²) in [6, 6.07) is 22.7. The van der Waals surface area contributed by atoms with E-state index in [2.05, 4.69) is 26.1 Å². The number of hydrogen-bond donors (Lipinski definition) is 1. The fourth-order valence-corrected chi connectivity index (χ4v) is 5.93. The Morgan fingerprint density at radius 2 is 1.58 bits per heavy atom. The van der Waals surface area contributed by atoms with Gasteiger partial charge in [0.15, 0.2) is 5.78 Å². The SMILES string of the molecule is CC(C)(C)c1ccc(C(=O)c2cccc(NC(=O)[C@H]3CCCN(S(=O)(=O)c4ccccc4)C3)c2)cc1.